The van der Waals surface area contributed by atoms with Crippen molar-refractivity contribution in [1.82, 2.24) is 4.90 Å². The van der Waals surface area contributed by atoms with E-state index in [2.05, 4.69) is 10.6 Å². The summed E-state index contributed by atoms with van der Waals surface area (Å²) in [5, 5.41) is 15.4. The average molecular weight is 627 g/mol. The summed E-state index contributed by atoms with van der Waals surface area (Å²) in [5.41, 5.74) is 4.04. The van der Waals surface area contributed by atoms with E-state index in [4.69, 9.17) is 14.2 Å². The zero-order valence-electron chi connectivity index (χ0n) is 26.4. The molecular weight excluding hydrogens is 588 g/mol. The molecule has 0 bridgehead atoms. The van der Waals surface area contributed by atoms with Crippen LogP contribution in [0.2, 0.25) is 0 Å². The summed E-state index contributed by atoms with van der Waals surface area (Å²) >= 11 is 0. The number of anilines is 3. The van der Waals surface area contributed by atoms with E-state index >= 15 is 0 Å². The number of hydrogen-bond acceptors (Lipinski definition) is 7. The van der Waals surface area contributed by atoms with Crippen molar-refractivity contribution in [2.75, 3.05) is 43.4 Å². The van der Waals surface area contributed by atoms with Crippen molar-refractivity contribution in [3.05, 3.63) is 108 Å². The normalized spacial score (nSPS) is 12.8. The maximum atomic E-state index is 12.9. The Kier molecular flexibility index (Phi) is 11.1. The van der Waals surface area contributed by atoms with Crippen LogP contribution in [0.15, 0.2) is 96.9 Å². The molecule has 0 aromatic heterocycles. The molecule has 240 valence electrons. The summed E-state index contributed by atoms with van der Waals surface area (Å²) < 4.78 is 16.4. The number of carbonyl (C=O) groups is 3. The fourth-order valence-corrected chi connectivity index (χ4v) is 5.02. The zero-order valence-corrected chi connectivity index (χ0v) is 26.4. The van der Waals surface area contributed by atoms with Crippen LogP contribution in [0.4, 0.5) is 21.9 Å². The minimum atomic E-state index is -0.973. The first-order valence-electron chi connectivity index (χ1n) is 14.5. The van der Waals surface area contributed by atoms with Crippen LogP contribution in [0, 0.1) is 6.92 Å². The molecule has 1 heterocycles. The van der Waals surface area contributed by atoms with Gasteiger partial charge in [0.15, 0.2) is 11.5 Å². The first-order valence-corrected chi connectivity index (χ1v) is 14.5. The van der Waals surface area contributed by atoms with Gasteiger partial charge in [-0.1, -0.05) is 36.4 Å². The number of carbonyl (C=O) groups excluding carboxylic acids is 2. The van der Waals surface area contributed by atoms with Crippen molar-refractivity contribution in [2.45, 2.75) is 26.3 Å². The van der Waals surface area contributed by atoms with Crippen molar-refractivity contribution in [1.29, 1.82) is 0 Å². The summed E-state index contributed by atoms with van der Waals surface area (Å²) in [6.07, 6.45) is 8.92. The SMILES string of the molecule is COc1cc(N(CC2=CN(C(CC(=O)O)c3ccc(OC)c(OC)c3)C=CC=C2)C(C)=O)ccc1NC(=O)Nc1ccccc1C. The summed E-state index contributed by atoms with van der Waals surface area (Å²) in [7, 11) is 4.54. The highest BCUT2D eigenvalue weighted by molar-refractivity contribution is 6.01. The molecule has 0 saturated carbocycles. The monoisotopic (exact) mass is 626 g/mol. The van der Waals surface area contributed by atoms with Crippen molar-refractivity contribution < 1.29 is 33.7 Å². The average Bonchev–Trinajstić information content (AvgIpc) is 3.28. The highest BCUT2D eigenvalue weighted by atomic mass is 16.5. The van der Waals surface area contributed by atoms with Gasteiger partial charge in [-0.15, -0.1) is 0 Å². The molecule has 3 aromatic rings. The Hall–Kier alpha value is -5.71. The standard InChI is InChI=1S/C35H38N4O7/c1-23-10-6-7-12-28(23)36-35(43)37-29-15-14-27(19-32(29)45-4)39(24(2)40)22-25-11-8-9-17-38(21-25)30(20-34(41)42)26-13-16-31(44-3)33(18-26)46-5/h6-19,21,30H,20,22H2,1-5H3,(H,41,42)(H2,36,37,43). The van der Waals surface area contributed by atoms with Gasteiger partial charge < -0.3 is 39.8 Å². The fourth-order valence-electron chi connectivity index (χ4n) is 5.02. The van der Waals surface area contributed by atoms with Gasteiger partial charge in [0.05, 0.1) is 46.0 Å². The predicted molar refractivity (Wildman–Crippen MR) is 178 cm³/mol. The maximum Gasteiger partial charge on any atom is 0.323 e. The molecule has 0 radical (unpaired) electrons. The van der Waals surface area contributed by atoms with Crippen molar-refractivity contribution in [3.63, 3.8) is 0 Å². The van der Waals surface area contributed by atoms with Gasteiger partial charge in [0, 0.05) is 36.8 Å². The van der Waals surface area contributed by atoms with Gasteiger partial charge >= 0.3 is 12.0 Å². The second-order valence-electron chi connectivity index (χ2n) is 10.5. The lowest BCUT2D eigenvalue weighted by atomic mass is 10.0. The van der Waals surface area contributed by atoms with Crippen LogP contribution in [-0.4, -0.2) is 55.8 Å². The third-order valence-corrected chi connectivity index (χ3v) is 7.37. The number of carboxylic acids is 1. The minimum absolute atomic E-state index is 0.180. The topological polar surface area (TPSA) is 130 Å². The lowest BCUT2D eigenvalue weighted by Gasteiger charge is -2.29. The first-order chi connectivity index (χ1) is 22.1. The quantitative estimate of drug-likeness (QED) is 0.208. The molecule has 11 nitrogen and oxygen atoms in total. The van der Waals surface area contributed by atoms with Gasteiger partial charge in [0.25, 0.3) is 0 Å². The van der Waals surface area contributed by atoms with E-state index in [-0.39, 0.29) is 18.9 Å². The molecule has 0 spiro atoms. The lowest BCUT2D eigenvalue weighted by Crippen LogP contribution is -2.31. The van der Waals surface area contributed by atoms with Gasteiger partial charge in [-0.25, -0.2) is 4.79 Å². The summed E-state index contributed by atoms with van der Waals surface area (Å²) in [6.45, 7) is 3.54. The molecule has 11 heteroatoms. The van der Waals surface area contributed by atoms with E-state index < -0.39 is 18.0 Å². The number of allylic oxidation sites excluding steroid dienone is 2. The number of benzene rings is 3. The number of hydrogen-bond donors (Lipinski definition) is 3. The minimum Gasteiger partial charge on any atom is -0.494 e. The predicted octanol–water partition coefficient (Wildman–Crippen LogP) is 6.50. The molecule has 1 aliphatic rings. The number of carboxylic acid groups (broad SMARTS) is 1. The first kappa shape index (κ1) is 33.2. The third kappa shape index (κ3) is 8.26. The number of aliphatic carboxylic acids is 1. The van der Waals surface area contributed by atoms with Gasteiger partial charge in [-0.2, -0.15) is 0 Å². The Labute approximate surface area is 268 Å². The fraction of sp³-hybridized carbons (Fsp3) is 0.229. The molecular formula is C35H38N4O7. The molecule has 0 aliphatic carbocycles. The van der Waals surface area contributed by atoms with Crippen LogP contribution in [0.5, 0.6) is 17.2 Å². The second kappa shape index (κ2) is 15.3. The number of para-hydroxylation sites is 1. The van der Waals surface area contributed by atoms with Crippen LogP contribution in [0.25, 0.3) is 0 Å². The molecule has 0 saturated heterocycles. The Balaban J connectivity index is 1.59. The van der Waals surface area contributed by atoms with Gasteiger partial charge in [-0.3, -0.25) is 9.59 Å². The zero-order chi connectivity index (χ0) is 33.2. The van der Waals surface area contributed by atoms with Gasteiger partial charge in [0.1, 0.15) is 5.75 Å². The molecule has 46 heavy (non-hydrogen) atoms. The van der Waals surface area contributed by atoms with E-state index in [1.165, 1.54) is 28.3 Å². The Morgan fingerprint density at radius 1 is 0.870 bits per heavy atom. The number of aryl methyl sites for hydroxylation is 1. The number of methoxy groups -OCH3 is 3. The van der Waals surface area contributed by atoms with Crippen LogP contribution < -0.4 is 29.7 Å². The van der Waals surface area contributed by atoms with Gasteiger partial charge in [-0.05, 0) is 60.0 Å². The summed E-state index contributed by atoms with van der Waals surface area (Å²) in [4.78, 5) is 41.0. The lowest BCUT2D eigenvalue weighted by molar-refractivity contribution is -0.138. The van der Waals surface area contributed by atoms with E-state index in [0.29, 0.717) is 39.9 Å². The number of nitrogens with zero attached hydrogens (tertiary/aromatic N) is 2. The number of ether oxygens (including phenoxy) is 3. The molecule has 0 fully saturated rings. The number of nitrogens with one attached hydrogen (secondary N) is 2. The van der Waals surface area contributed by atoms with E-state index in [1.807, 2.05) is 60.5 Å². The second-order valence-corrected chi connectivity index (χ2v) is 10.5. The molecule has 1 atom stereocenters. The van der Waals surface area contributed by atoms with Crippen LogP contribution >= 0.6 is 0 Å². The number of urea groups is 1. The van der Waals surface area contributed by atoms with E-state index in [0.717, 1.165) is 11.1 Å². The maximum absolute atomic E-state index is 12.9. The number of amides is 3. The summed E-state index contributed by atoms with van der Waals surface area (Å²) in [5.74, 6) is 0.190. The molecule has 3 amide bonds. The molecule has 3 aromatic carbocycles. The van der Waals surface area contributed by atoms with Gasteiger partial charge in [0.2, 0.25) is 5.91 Å². The van der Waals surface area contributed by atoms with Crippen molar-refractivity contribution >= 4 is 35.0 Å². The van der Waals surface area contributed by atoms with E-state index in [1.54, 1.807) is 47.5 Å². The molecule has 4 rings (SSSR count). The Bertz CT molecular complexity index is 1680. The smallest absolute Gasteiger partial charge is 0.323 e. The highest BCUT2D eigenvalue weighted by Crippen LogP contribution is 2.35. The largest absolute Gasteiger partial charge is 0.494 e. The third-order valence-electron chi connectivity index (χ3n) is 7.37. The number of rotatable bonds is 12. The van der Waals surface area contributed by atoms with Crippen LogP contribution in [-0.2, 0) is 9.59 Å². The Morgan fingerprint density at radius 2 is 1.59 bits per heavy atom. The summed E-state index contributed by atoms with van der Waals surface area (Å²) in [6, 6.07) is 16.8. The molecule has 1 aliphatic heterocycles. The van der Waals surface area contributed by atoms with Crippen LogP contribution in [0.1, 0.15) is 30.5 Å². The van der Waals surface area contributed by atoms with Crippen molar-refractivity contribution in [2.24, 2.45) is 0 Å². The van der Waals surface area contributed by atoms with Crippen LogP contribution in [0.3, 0.4) is 0 Å². The molecule has 1 unspecified atom stereocenters. The highest BCUT2D eigenvalue weighted by Gasteiger charge is 2.24. The molecule has 3 N–H and O–H groups in total. The van der Waals surface area contributed by atoms with Crippen molar-refractivity contribution in [3.8, 4) is 17.2 Å². The Morgan fingerprint density at radius 3 is 2.26 bits per heavy atom. The van der Waals surface area contributed by atoms with E-state index in [9.17, 15) is 19.5 Å².